The summed E-state index contributed by atoms with van der Waals surface area (Å²) in [5.41, 5.74) is 3.93. The van der Waals surface area contributed by atoms with Crippen molar-refractivity contribution in [2.24, 2.45) is 0 Å². The Morgan fingerprint density at radius 1 is 1.05 bits per heavy atom. The third-order valence-electron chi connectivity index (χ3n) is 3.56. The highest BCUT2D eigenvalue weighted by Crippen LogP contribution is 2.30. The van der Waals surface area contributed by atoms with Crippen LogP contribution < -0.4 is 14.8 Å². The van der Waals surface area contributed by atoms with E-state index in [4.69, 9.17) is 9.47 Å². The highest BCUT2D eigenvalue weighted by atomic mass is 16.5. The molecule has 0 saturated heterocycles. The molecule has 0 atom stereocenters. The van der Waals surface area contributed by atoms with E-state index in [1.165, 1.54) is 0 Å². The zero-order chi connectivity index (χ0) is 15.4. The van der Waals surface area contributed by atoms with E-state index in [1.807, 2.05) is 32.0 Å². The SMILES string of the molecule is COc1ccc(O)c(CNc2ccc(C)c(OC)c2C)c1. The highest BCUT2D eigenvalue weighted by Gasteiger charge is 2.09. The van der Waals surface area contributed by atoms with Crippen molar-refractivity contribution in [3.8, 4) is 17.2 Å². The van der Waals surface area contributed by atoms with Crippen LogP contribution in [0.2, 0.25) is 0 Å². The molecule has 0 amide bonds. The van der Waals surface area contributed by atoms with Gasteiger partial charge in [-0.05, 0) is 43.7 Å². The molecule has 0 aliphatic heterocycles. The third kappa shape index (κ3) is 3.21. The first-order valence-corrected chi connectivity index (χ1v) is 6.80. The molecule has 0 bridgehead atoms. The van der Waals surface area contributed by atoms with Gasteiger partial charge in [0.1, 0.15) is 17.2 Å². The van der Waals surface area contributed by atoms with E-state index in [0.717, 1.165) is 33.9 Å². The fourth-order valence-corrected chi connectivity index (χ4v) is 2.35. The van der Waals surface area contributed by atoms with Gasteiger partial charge in [0, 0.05) is 23.4 Å². The van der Waals surface area contributed by atoms with E-state index in [2.05, 4.69) is 5.32 Å². The summed E-state index contributed by atoms with van der Waals surface area (Å²) >= 11 is 0. The van der Waals surface area contributed by atoms with Crippen LogP contribution in [0.3, 0.4) is 0 Å². The number of aromatic hydroxyl groups is 1. The molecule has 21 heavy (non-hydrogen) atoms. The summed E-state index contributed by atoms with van der Waals surface area (Å²) in [6.07, 6.45) is 0. The molecule has 2 N–H and O–H groups in total. The molecule has 0 radical (unpaired) electrons. The molecule has 112 valence electrons. The molecule has 0 aliphatic carbocycles. The quantitative estimate of drug-likeness (QED) is 0.881. The summed E-state index contributed by atoms with van der Waals surface area (Å²) in [4.78, 5) is 0. The van der Waals surface area contributed by atoms with Crippen molar-refractivity contribution in [3.63, 3.8) is 0 Å². The Balaban J connectivity index is 2.21. The Kier molecular flexibility index (Phi) is 4.58. The second kappa shape index (κ2) is 6.39. The van der Waals surface area contributed by atoms with Gasteiger partial charge in [-0.1, -0.05) is 6.07 Å². The monoisotopic (exact) mass is 287 g/mol. The summed E-state index contributed by atoms with van der Waals surface area (Å²) in [5, 5.41) is 13.2. The van der Waals surface area contributed by atoms with Crippen LogP contribution in [0.1, 0.15) is 16.7 Å². The Labute approximate surface area is 125 Å². The molecule has 0 spiro atoms. The number of ether oxygens (including phenoxy) is 2. The molecule has 2 aromatic rings. The van der Waals surface area contributed by atoms with Crippen molar-refractivity contribution < 1.29 is 14.6 Å². The van der Waals surface area contributed by atoms with Gasteiger partial charge in [-0.3, -0.25) is 0 Å². The molecule has 0 fully saturated rings. The van der Waals surface area contributed by atoms with Gasteiger partial charge in [0.25, 0.3) is 0 Å². The summed E-state index contributed by atoms with van der Waals surface area (Å²) in [5.74, 6) is 1.86. The van der Waals surface area contributed by atoms with Gasteiger partial charge in [0.05, 0.1) is 14.2 Å². The topological polar surface area (TPSA) is 50.7 Å². The van der Waals surface area contributed by atoms with E-state index in [0.29, 0.717) is 6.54 Å². The minimum Gasteiger partial charge on any atom is -0.508 e. The first-order chi connectivity index (χ1) is 10.1. The van der Waals surface area contributed by atoms with Crippen molar-refractivity contribution in [3.05, 3.63) is 47.0 Å². The Bertz CT molecular complexity index is 638. The largest absolute Gasteiger partial charge is 0.508 e. The van der Waals surface area contributed by atoms with E-state index < -0.39 is 0 Å². The molecule has 2 aromatic carbocycles. The van der Waals surface area contributed by atoms with Crippen molar-refractivity contribution in [1.29, 1.82) is 0 Å². The van der Waals surface area contributed by atoms with Crippen LogP contribution in [0.5, 0.6) is 17.2 Å². The predicted molar refractivity (Wildman–Crippen MR) is 84.5 cm³/mol. The van der Waals surface area contributed by atoms with Gasteiger partial charge in [-0.25, -0.2) is 0 Å². The lowest BCUT2D eigenvalue weighted by Crippen LogP contribution is -2.03. The van der Waals surface area contributed by atoms with Crippen LogP contribution in [-0.4, -0.2) is 19.3 Å². The lowest BCUT2D eigenvalue weighted by molar-refractivity contribution is 0.408. The predicted octanol–water partition coefficient (Wildman–Crippen LogP) is 3.64. The maximum atomic E-state index is 9.90. The zero-order valence-electron chi connectivity index (χ0n) is 12.9. The molecular weight excluding hydrogens is 266 g/mol. The van der Waals surface area contributed by atoms with Crippen molar-refractivity contribution >= 4 is 5.69 Å². The maximum Gasteiger partial charge on any atom is 0.126 e. The second-order valence-electron chi connectivity index (χ2n) is 4.94. The number of phenols is 1. The number of aryl methyl sites for hydroxylation is 1. The fourth-order valence-electron chi connectivity index (χ4n) is 2.35. The summed E-state index contributed by atoms with van der Waals surface area (Å²) < 4.78 is 10.6. The first-order valence-electron chi connectivity index (χ1n) is 6.80. The Morgan fingerprint density at radius 2 is 1.81 bits per heavy atom. The summed E-state index contributed by atoms with van der Waals surface area (Å²) in [6, 6.07) is 9.23. The summed E-state index contributed by atoms with van der Waals surface area (Å²) in [6.45, 7) is 4.54. The lowest BCUT2D eigenvalue weighted by atomic mass is 10.1. The number of phenolic OH excluding ortho intramolecular Hbond substituents is 1. The van der Waals surface area contributed by atoms with Crippen LogP contribution >= 0.6 is 0 Å². The van der Waals surface area contributed by atoms with Crippen LogP contribution in [0, 0.1) is 13.8 Å². The van der Waals surface area contributed by atoms with E-state index >= 15 is 0 Å². The van der Waals surface area contributed by atoms with E-state index in [-0.39, 0.29) is 5.75 Å². The molecule has 0 saturated carbocycles. The number of rotatable bonds is 5. The smallest absolute Gasteiger partial charge is 0.126 e. The standard InChI is InChI=1S/C17H21NO3/c1-11-5-7-15(12(2)17(11)21-4)18-10-13-9-14(20-3)6-8-16(13)19/h5-9,18-19H,10H2,1-4H3. The third-order valence-corrected chi connectivity index (χ3v) is 3.56. The molecule has 0 unspecified atom stereocenters. The molecule has 0 aromatic heterocycles. The normalized spacial score (nSPS) is 10.3. The summed E-state index contributed by atoms with van der Waals surface area (Å²) in [7, 11) is 3.28. The van der Waals surface area contributed by atoms with Crippen molar-refractivity contribution in [1.82, 2.24) is 0 Å². The van der Waals surface area contributed by atoms with Crippen LogP contribution in [0.4, 0.5) is 5.69 Å². The molecule has 4 nitrogen and oxygen atoms in total. The number of anilines is 1. The van der Waals surface area contributed by atoms with Crippen LogP contribution in [-0.2, 0) is 6.54 Å². The van der Waals surface area contributed by atoms with Crippen LogP contribution in [0.25, 0.3) is 0 Å². The molecule has 4 heteroatoms. The van der Waals surface area contributed by atoms with E-state index in [1.54, 1.807) is 26.4 Å². The van der Waals surface area contributed by atoms with Gasteiger partial charge in [-0.15, -0.1) is 0 Å². The maximum absolute atomic E-state index is 9.90. The average molecular weight is 287 g/mol. The fraction of sp³-hybridized carbons (Fsp3) is 0.294. The Hall–Kier alpha value is -2.36. The average Bonchev–Trinajstić information content (AvgIpc) is 2.48. The molecule has 0 heterocycles. The highest BCUT2D eigenvalue weighted by molar-refractivity contribution is 5.60. The number of benzene rings is 2. The van der Waals surface area contributed by atoms with E-state index in [9.17, 15) is 5.11 Å². The molecule has 2 rings (SSSR count). The minimum absolute atomic E-state index is 0.250. The molecular formula is C17H21NO3. The number of nitrogens with one attached hydrogen (secondary N) is 1. The van der Waals surface area contributed by atoms with Gasteiger partial charge in [-0.2, -0.15) is 0 Å². The van der Waals surface area contributed by atoms with Crippen molar-refractivity contribution in [2.45, 2.75) is 20.4 Å². The first kappa shape index (κ1) is 15.0. The zero-order valence-corrected chi connectivity index (χ0v) is 12.9. The molecule has 0 aliphatic rings. The van der Waals surface area contributed by atoms with Crippen LogP contribution in [0.15, 0.2) is 30.3 Å². The van der Waals surface area contributed by atoms with Gasteiger partial charge in [0.2, 0.25) is 0 Å². The van der Waals surface area contributed by atoms with Gasteiger partial charge >= 0.3 is 0 Å². The van der Waals surface area contributed by atoms with Gasteiger partial charge in [0.15, 0.2) is 0 Å². The number of hydrogen-bond acceptors (Lipinski definition) is 4. The minimum atomic E-state index is 0.250. The second-order valence-corrected chi connectivity index (χ2v) is 4.94. The number of hydrogen-bond donors (Lipinski definition) is 2. The Morgan fingerprint density at radius 3 is 2.48 bits per heavy atom. The number of methoxy groups -OCH3 is 2. The van der Waals surface area contributed by atoms with Crippen molar-refractivity contribution in [2.75, 3.05) is 19.5 Å². The lowest BCUT2D eigenvalue weighted by Gasteiger charge is -2.15. The van der Waals surface area contributed by atoms with Gasteiger partial charge < -0.3 is 19.9 Å².